The maximum atomic E-state index is 13.4. The van der Waals surface area contributed by atoms with Gasteiger partial charge < -0.3 is 5.11 Å². The molecule has 138 valence electrons. The van der Waals surface area contributed by atoms with E-state index in [9.17, 15) is 14.7 Å². The van der Waals surface area contributed by atoms with Crippen LogP contribution in [0.1, 0.15) is 24.9 Å². The minimum atomic E-state index is -0.356. The van der Waals surface area contributed by atoms with Gasteiger partial charge in [-0.3, -0.25) is 0 Å². The summed E-state index contributed by atoms with van der Waals surface area (Å²) in [6.45, 7) is 0. The van der Waals surface area contributed by atoms with Crippen LogP contribution in [0.2, 0.25) is 0 Å². The van der Waals surface area contributed by atoms with Crippen LogP contribution >= 0.6 is 15.9 Å². The Labute approximate surface area is 162 Å². The third-order valence-corrected chi connectivity index (χ3v) is 10.2. The molecule has 10 atom stereocenters. The average molecular weight is 428 g/mol. The Morgan fingerprint density at radius 3 is 2.15 bits per heavy atom. The van der Waals surface area contributed by atoms with Crippen molar-refractivity contribution in [3.63, 3.8) is 0 Å². The summed E-state index contributed by atoms with van der Waals surface area (Å²) in [5, 5.41) is 10.6. The molecule has 2 spiro atoms. The molecule has 5 aliphatic carbocycles. The normalized spacial score (nSPS) is 53.9. The molecule has 2 aromatic rings. The summed E-state index contributed by atoms with van der Waals surface area (Å²) in [5.41, 5.74) is 0.431. The molecular weight excluding hydrogens is 410 g/mol. The zero-order valence-electron chi connectivity index (χ0n) is 14.4. The minimum Gasteiger partial charge on any atom is -0.392 e. The Morgan fingerprint density at radius 2 is 1.52 bits per heavy atom. The zero-order valence-corrected chi connectivity index (χ0v) is 16.0. The summed E-state index contributed by atoms with van der Waals surface area (Å²) in [6.07, 6.45) is 1.34. The van der Waals surface area contributed by atoms with Crippen LogP contribution in [0.15, 0.2) is 39.9 Å². The Kier molecular flexibility index (Phi) is 2.02. The van der Waals surface area contributed by atoms with Gasteiger partial charge in [0.15, 0.2) is 0 Å². The monoisotopic (exact) mass is 427 g/mol. The molecule has 2 aliphatic heterocycles. The quantitative estimate of drug-likeness (QED) is 0.697. The Balaban J connectivity index is 1.44. The lowest BCUT2D eigenvalue weighted by atomic mass is 9.64. The van der Waals surface area contributed by atoms with E-state index in [0.717, 1.165) is 12.8 Å². The lowest BCUT2D eigenvalue weighted by molar-refractivity contribution is -0.0543. The highest BCUT2D eigenvalue weighted by Gasteiger charge is 3.03. The van der Waals surface area contributed by atoms with E-state index in [1.54, 1.807) is 0 Å². The first-order valence-electron chi connectivity index (χ1n) is 9.89. The molecule has 1 N–H and O–H groups in total. The van der Waals surface area contributed by atoms with E-state index in [1.807, 2.05) is 39.7 Å². The molecule has 27 heavy (non-hydrogen) atoms. The number of nitrogens with zero attached hydrogens (tertiary/aromatic N) is 3. The van der Waals surface area contributed by atoms with Crippen molar-refractivity contribution in [3.8, 4) is 5.69 Å². The van der Waals surface area contributed by atoms with Crippen molar-refractivity contribution < 1.29 is 5.11 Å². The fourth-order valence-corrected chi connectivity index (χ4v) is 9.72. The molecule has 7 aliphatic rings. The lowest BCUT2D eigenvalue weighted by Gasteiger charge is -2.52. The Hall–Kier alpha value is -1.60. The number of aromatic nitrogens is 3. The van der Waals surface area contributed by atoms with E-state index in [-0.39, 0.29) is 45.2 Å². The topological polar surface area (TPSA) is 69.2 Å². The van der Waals surface area contributed by atoms with Crippen molar-refractivity contribution in [1.29, 1.82) is 0 Å². The van der Waals surface area contributed by atoms with E-state index in [2.05, 4.69) is 15.9 Å². The third kappa shape index (κ3) is 1.10. The van der Waals surface area contributed by atoms with Crippen LogP contribution in [0.3, 0.4) is 0 Å². The van der Waals surface area contributed by atoms with Crippen molar-refractivity contribution >= 4 is 15.9 Å². The largest absolute Gasteiger partial charge is 0.392 e. The highest BCUT2D eigenvalue weighted by Crippen LogP contribution is 3.04. The van der Waals surface area contributed by atoms with Gasteiger partial charge in [-0.1, -0.05) is 34.1 Å². The van der Waals surface area contributed by atoms with Gasteiger partial charge in [-0.2, -0.15) is 0 Å². The first kappa shape index (κ1) is 14.4. The van der Waals surface area contributed by atoms with Crippen molar-refractivity contribution in [2.75, 3.05) is 0 Å². The van der Waals surface area contributed by atoms with Gasteiger partial charge in [0.2, 0.25) is 0 Å². The molecule has 0 saturated heterocycles. The van der Waals surface area contributed by atoms with Gasteiger partial charge >= 0.3 is 11.4 Å². The number of rotatable bonds is 1. The third-order valence-electron chi connectivity index (χ3n) is 9.30. The second-order valence-corrected chi connectivity index (χ2v) is 10.8. The van der Waals surface area contributed by atoms with Crippen LogP contribution < -0.4 is 11.4 Å². The van der Waals surface area contributed by atoms with E-state index in [0.29, 0.717) is 29.4 Å². The molecule has 1 aromatic heterocycles. The number of benzene rings is 1. The molecule has 5 saturated carbocycles. The van der Waals surface area contributed by atoms with E-state index >= 15 is 0 Å². The Bertz CT molecular complexity index is 1110. The van der Waals surface area contributed by atoms with Crippen molar-refractivity contribution in [2.45, 2.75) is 35.9 Å². The number of hydrogen-bond donors (Lipinski definition) is 1. The van der Waals surface area contributed by atoms with E-state index < -0.39 is 0 Å². The number of halogens is 1. The van der Waals surface area contributed by atoms with Gasteiger partial charge in [0.25, 0.3) is 0 Å². The molecule has 5 fully saturated rings. The molecule has 1 aromatic carbocycles. The molecule has 7 heteroatoms. The molecular formula is C20H18BrN3O3. The lowest BCUT2D eigenvalue weighted by Crippen LogP contribution is -2.56. The predicted octanol–water partition coefficient (Wildman–Crippen LogP) is 1.31. The van der Waals surface area contributed by atoms with Gasteiger partial charge in [-0.05, 0) is 48.6 Å². The van der Waals surface area contributed by atoms with E-state index in [4.69, 9.17) is 0 Å². The second-order valence-electron chi connectivity index (χ2n) is 9.60. The summed E-state index contributed by atoms with van der Waals surface area (Å²) in [6, 6.07) is 9.50. The first-order chi connectivity index (χ1) is 13.1. The van der Waals surface area contributed by atoms with E-state index in [1.165, 1.54) is 4.57 Å². The number of aliphatic hydroxyl groups excluding tert-OH is 1. The molecule has 6 nitrogen and oxygen atoms in total. The zero-order chi connectivity index (χ0) is 18.0. The van der Waals surface area contributed by atoms with Crippen LogP contribution in [-0.4, -0.2) is 30.0 Å². The number of hydrogen-bond acceptors (Lipinski definition) is 3. The molecule has 8 unspecified atom stereocenters. The summed E-state index contributed by atoms with van der Waals surface area (Å²) < 4.78 is 5.00. The second kappa shape index (κ2) is 3.79. The fraction of sp³-hybridized carbons (Fsp3) is 0.600. The standard InChI is InChI=1S/C20H18BrN3O3/c21-9-6-19-14-11-12-13(11)16(20(14,19)7-10(9)25)24-18(27)22(8-4-2-1-3-5-8)17(26)23(24)15(12)19/h1-5,9-16,25H,6-7H2/t9-,10-,11?,12?,13?,14?,15?,16?,19?,20?/m0/s1. The van der Waals surface area contributed by atoms with Crippen LogP contribution in [0.25, 0.3) is 5.69 Å². The van der Waals surface area contributed by atoms with Crippen molar-refractivity contribution in [3.05, 3.63) is 51.3 Å². The highest BCUT2D eigenvalue weighted by atomic mass is 79.9. The highest BCUT2D eigenvalue weighted by molar-refractivity contribution is 9.09. The Morgan fingerprint density at radius 1 is 0.926 bits per heavy atom. The van der Waals surface area contributed by atoms with Crippen LogP contribution in [0.5, 0.6) is 0 Å². The molecule has 0 radical (unpaired) electrons. The van der Waals surface area contributed by atoms with Crippen molar-refractivity contribution in [2.24, 2.45) is 34.5 Å². The van der Waals surface area contributed by atoms with Gasteiger partial charge in [-0.15, -0.1) is 0 Å². The van der Waals surface area contributed by atoms with Gasteiger partial charge in [0.1, 0.15) is 0 Å². The van der Waals surface area contributed by atoms with Gasteiger partial charge in [0, 0.05) is 15.7 Å². The maximum Gasteiger partial charge on any atom is 0.352 e. The maximum absolute atomic E-state index is 13.4. The molecule has 2 bridgehead atoms. The predicted molar refractivity (Wildman–Crippen MR) is 99.1 cm³/mol. The number of aliphatic hydroxyl groups is 1. The summed E-state index contributed by atoms with van der Waals surface area (Å²) in [5.74, 6) is 2.38. The molecule has 9 rings (SSSR count). The minimum absolute atomic E-state index is 0.0462. The van der Waals surface area contributed by atoms with Crippen LogP contribution in [-0.2, 0) is 0 Å². The van der Waals surface area contributed by atoms with Crippen LogP contribution in [0.4, 0.5) is 0 Å². The summed E-state index contributed by atoms with van der Waals surface area (Å²) >= 11 is 3.70. The first-order valence-corrected chi connectivity index (χ1v) is 10.8. The van der Waals surface area contributed by atoms with Gasteiger partial charge in [-0.25, -0.2) is 23.5 Å². The average Bonchev–Trinajstić information content (AvgIpc) is 3.40. The van der Waals surface area contributed by atoms with Crippen molar-refractivity contribution in [1.82, 2.24) is 13.9 Å². The van der Waals surface area contributed by atoms with Gasteiger partial charge in [0.05, 0.1) is 23.9 Å². The fourth-order valence-electron chi connectivity index (χ4n) is 8.99. The van der Waals surface area contributed by atoms with Crippen LogP contribution in [0, 0.1) is 34.5 Å². The molecule has 3 heterocycles. The number of alkyl halides is 1. The summed E-state index contributed by atoms with van der Waals surface area (Å²) in [4.78, 5) is 26.9. The molecule has 0 amide bonds. The summed E-state index contributed by atoms with van der Waals surface area (Å²) in [7, 11) is 0. The number of para-hydroxylation sites is 1. The smallest absolute Gasteiger partial charge is 0.352 e. The SMILES string of the molecule is O=c1n(-c2ccccc2)c(=O)n2n1C1C3C4C3C3C15C[C@H](O)[C@@H](Br)CC35C42.